The summed E-state index contributed by atoms with van der Waals surface area (Å²) in [5.41, 5.74) is 2.72. The molecule has 1 saturated heterocycles. The van der Waals surface area contributed by atoms with Crippen molar-refractivity contribution in [3.8, 4) is 28.7 Å². The van der Waals surface area contributed by atoms with Crippen LogP contribution in [0.15, 0.2) is 60.7 Å². The minimum absolute atomic E-state index is 0.357. The first kappa shape index (κ1) is 25.4. The number of hydrogen-bond acceptors (Lipinski definition) is 7. The van der Waals surface area contributed by atoms with Crippen molar-refractivity contribution < 1.29 is 33.2 Å². The van der Waals surface area contributed by atoms with E-state index in [0.29, 0.717) is 47.9 Å². The number of carbonyl (C=O) groups is 1. The van der Waals surface area contributed by atoms with E-state index in [1.54, 1.807) is 58.8 Å². The van der Waals surface area contributed by atoms with Crippen molar-refractivity contribution in [2.45, 2.75) is 12.8 Å². The van der Waals surface area contributed by atoms with Gasteiger partial charge in [0.15, 0.2) is 23.0 Å². The predicted molar refractivity (Wildman–Crippen MR) is 136 cm³/mol. The summed E-state index contributed by atoms with van der Waals surface area (Å²) >= 11 is 0. The van der Waals surface area contributed by atoms with Crippen LogP contribution in [0, 0.1) is 11.8 Å². The van der Waals surface area contributed by atoms with Gasteiger partial charge in [-0.25, -0.2) is 4.79 Å². The zero-order valence-corrected chi connectivity index (χ0v) is 21.1. The van der Waals surface area contributed by atoms with Gasteiger partial charge in [0.05, 0.1) is 47.2 Å². The van der Waals surface area contributed by atoms with Gasteiger partial charge in [-0.15, -0.1) is 0 Å². The van der Waals surface area contributed by atoms with Crippen LogP contribution < -0.4 is 23.7 Å². The van der Waals surface area contributed by atoms with Crippen LogP contribution in [0.1, 0.15) is 21.5 Å². The number of rotatable bonds is 10. The quantitative estimate of drug-likeness (QED) is 0.292. The smallest absolute Gasteiger partial charge is 0.343 e. The maximum Gasteiger partial charge on any atom is 0.343 e. The molecule has 1 heterocycles. The van der Waals surface area contributed by atoms with Gasteiger partial charge in [0.2, 0.25) is 0 Å². The second kappa shape index (κ2) is 11.8. The van der Waals surface area contributed by atoms with E-state index < -0.39 is 5.97 Å². The molecule has 3 aromatic carbocycles. The second-order valence-electron chi connectivity index (χ2n) is 8.76. The fraction of sp³-hybridized carbons (Fsp3) is 0.345. The summed E-state index contributed by atoms with van der Waals surface area (Å²) < 4.78 is 32.9. The van der Waals surface area contributed by atoms with Gasteiger partial charge in [0, 0.05) is 0 Å². The first-order chi connectivity index (χ1) is 17.5. The second-order valence-corrected chi connectivity index (χ2v) is 8.76. The van der Waals surface area contributed by atoms with Crippen LogP contribution >= 0.6 is 0 Å². The lowest BCUT2D eigenvalue weighted by molar-refractivity contribution is 0.0729. The fourth-order valence-corrected chi connectivity index (χ4v) is 4.52. The number of benzene rings is 3. The molecule has 0 bridgehead atoms. The molecule has 0 spiro atoms. The topological polar surface area (TPSA) is 72.5 Å². The summed E-state index contributed by atoms with van der Waals surface area (Å²) in [6, 6.07) is 18.5. The van der Waals surface area contributed by atoms with Crippen molar-refractivity contribution in [3.63, 3.8) is 0 Å². The Kier molecular flexibility index (Phi) is 8.33. The number of esters is 1. The molecule has 1 aliphatic heterocycles. The minimum Gasteiger partial charge on any atom is -0.497 e. The van der Waals surface area contributed by atoms with Gasteiger partial charge in [0.25, 0.3) is 0 Å². The van der Waals surface area contributed by atoms with E-state index in [4.69, 9.17) is 28.4 Å². The first-order valence-electron chi connectivity index (χ1n) is 11.9. The zero-order chi connectivity index (χ0) is 25.5. The number of methoxy groups -OCH3 is 4. The molecule has 0 unspecified atom stereocenters. The average molecular weight is 493 g/mol. The average Bonchev–Trinajstić information content (AvgIpc) is 3.35. The molecule has 4 rings (SSSR count). The van der Waals surface area contributed by atoms with E-state index in [2.05, 4.69) is 6.07 Å². The molecule has 0 amide bonds. The minimum atomic E-state index is -0.456. The van der Waals surface area contributed by atoms with Crippen molar-refractivity contribution >= 4 is 5.97 Å². The van der Waals surface area contributed by atoms with Gasteiger partial charge in [-0.2, -0.15) is 0 Å². The summed E-state index contributed by atoms with van der Waals surface area (Å²) in [5, 5.41) is 0. The molecule has 7 heteroatoms. The summed E-state index contributed by atoms with van der Waals surface area (Å²) in [6.45, 7) is 1.42. The summed E-state index contributed by atoms with van der Waals surface area (Å²) in [6.07, 6.45) is 1.72. The van der Waals surface area contributed by atoms with E-state index in [-0.39, 0.29) is 0 Å². The maximum atomic E-state index is 12.6. The molecule has 1 fully saturated rings. The number of ether oxygens (including phenoxy) is 6. The van der Waals surface area contributed by atoms with Gasteiger partial charge in [-0.3, -0.25) is 0 Å². The van der Waals surface area contributed by atoms with E-state index >= 15 is 0 Å². The first-order valence-corrected chi connectivity index (χ1v) is 11.9. The molecular weight excluding hydrogens is 460 g/mol. The van der Waals surface area contributed by atoms with Gasteiger partial charge >= 0.3 is 5.97 Å². The molecule has 0 aliphatic carbocycles. The molecule has 3 aromatic rings. The SMILES string of the molecule is COc1ccc(C(=O)Oc2ccc(C[C@H]3COC[C@@H]3Cc3ccc(OC)c(OC)c3)cc2OC)cc1. The largest absolute Gasteiger partial charge is 0.497 e. The Balaban J connectivity index is 1.42. The number of carbonyl (C=O) groups excluding carboxylic acids is 1. The molecular formula is C29H32O7. The maximum absolute atomic E-state index is 12.6. The van der Waals surface area contributed by atoms with Gasteiger partial charge in [-0.1, -0.05) is 12.1 Å². The van der Waals surface area contributed by atoms with Crippen molar-refractivity contribution in [1.82, 2.24) is 0 Å². The molecule has 1 aliphatic rings. The third kappa shape index (κ3) is 5.91. The Labute approximate surface area is 211 Å². The van der Waals surface area contributed by atoms with Crippen LogP contribution in [0.4, 0.5) is 0 Å². The molecule has 2 atom stereocenters. The molecule has 190 valence electrons. The highest BCUT2D eigenvalue weighted by Gasteiger charge is 2.29. The molecule has 0 saturated carbocycles. The molecule has 7 nitrogen and oxygen atoms in total. The van der Waals surface area contributed by atoms with E-state index in [9.17, 15) is 4.79 Å². The van der Waals surface area contributed by atoms with E-state index in [1.165, 1.54) is 5.56 Å². The molecule has 0 radical (unpaired) electrons. The third-order valence-electron chi connectivity index (χ3n) is 6.53. The molecule has 36 heavy (non-hydrogen) atoms. The predicted octanol–water partition coefficient (Wildman–Crippen LogP) is 4.99. The fourth-order valence-electron chi connectivity index (χ4n) is 4.52. The van der Waals surface area contributed by atoms with Crippen LogP contribution in [-0.2, 0) is 17.6 Å². The highest BCUT2D eigenvalue weighted by atomic mass is 16.6. The lowest BCUT2D eigenvalue weighted by Gasteiger charge is -2.19. The van der Waals surface area contributed by atoms with Crippen LogP contribution in [0.5, 0.6) is 28.7 Å². The van der Waals surface area contributed by atoms with Gasteiger partial charge in [0.1, 0.15) is 5.75 Å². The van der Waals surface area contributed by atoms with Crippen LogP contribution in [0.25, 0.3) is 0 Å². The van der Waals surface area contributed by atoms with Crippen molar-refractivity contribution in [2.24, 2.45) is 11.8 Å². The van der Waals surface area contributed by atoms with E-state index in [1.807, 2.05) is 24.3 Å². The summed E-state index contributed by atoms with van der Waals surface area (Å²) in [4.78, 5) is 12.6. The Bertz CT molecular complexity index is 1170. The zero-order valence-electron chi connectivity index (χ0n) is 21.1. The lowest BCUT2D eigenvalue weighted by atomic mass is 9.85. The molecule has 0 N–H and O–H groups in total. The monoisotopic (exact) mass is 492 g/mol. The van der Waals surface area contributed by atoms with Crippen molar-refractivity contribution in [1.29, 1.82) is 0 Å². The highest BCUT2D eigenvalue weighted by molar-refractivity contribution is 5.91. The lowest BCUT2D eigenvalue weighted by Crippen LogP contribution is -2.18. The Hall–Kier alpha value is -3.71. The van der Waals surface area contributed by atoms with Crippen LogP contribution in [0.3, 0.4) is 0 Å². The molecule has 0 aromatic heterocycles. The van der Waals surface area contributed by atoms with Crippen LogP contribution in [0.2, 0.25) is 0 Å². The number of hydrogen-bond donors (Lipinski definition) is 0. The summed E-state index contributed by atoms with van der Waals surface area (Å²) in [7, 11) is 6.44. The van der Waals surface area contributed by atoms with E-state index in [0.717, 1.165) is 29.9 Å². The van der Waals surface area contributed by atoms with Crippen molar-refractivity contribution in [2.75, 3.05) is 41.7 Å². The third-order valence-corrected chi connectivity index (χ3v) is 6.53. The normalized spacial score (nSPS) is 16.9. The highest BCUT2D eigenvalue weighted by Crippen LogP contribution is 2.34. The Morgan fingerprint density at radius 2 is 1.22 bits per heavy atom. The van der Waals surface area contributed by atoms with Gasteiger partial charge in [-0.05, 0) is 84.3 Å². The van der Waals surface area contributed by atoms with Gasteiger partial charge < -0.3 is 28.4 Å². The Morgan fingerprint density at radius 3 is 1.75 bits per heavy atom. The Morgan fingerprint density at radius 1 is 0.694 bits per heavy atom. The van der Waals surface area contributed by atoms with Crippen LogP contribution in [-0.4, -0.2) is 47.6 Å². The van der Waals surface area contributed by atoms with Crippen molar-refractivity contribution in [3.05, 3.63) is 77.4 Å². The standard InChI is InChI=1S/C29H32O7/c1-31-24-9-7-21(8-10-24)29(30)36-26-12-6-20(16-28(26)34-4)14-23-18-35-17-22(23)13-19-5-11-25(32-2)27(15-19)33-3/h5-12,15-16,22-23H,13-14,17-18H2,1-4H3/t22-,23-/m0/s1. The summed E-state index contributed by atoms with van der Waals surface area (Å²) in [5.74, 6) is 3.31.